The van der Waals surface area contributed by atoms with Crippen LogP contribution in [-0.4, -0.2) is 9.55 Å². The molecule has 1 heterocycles. The third-order valence-electron chi connectivity index (χ3n) is 3.12. The summed E-state index contributed by atoms with van der Waals surface area (Å²) < 4.78 is 2.00. The lowest BCUT2D eigenvalue weighted by molar-refractivity contribution is 0.733. The molecule has 2 rings (SSSR count). The standard InChI is InChI=1S/C14H16BrN3/c1-3-10-5-6-13-12(9-10)17-14(11(15)4-2)18(13)8-7-16/h5-6,9,11H,3-4,8H2,1-2H3. The second-order valence-electron chi connectivity index (χ2n) is 4.27. The molecule has 0 spiro atoms. The molecule has 0 aliphatic carbocycles. The largest absolute Gasteiger partial charge is 0.313 e. The number of benzene rings is 1. The molecule has 0 N–H and O–H groups in total. The van der Waals surface area contributed by atoms with E-state index in [1.54, 1.807) is 0 Å². The van der Waals surface area contributed by atoms with Crippen molar-refractivity contribution in [3.05, 3.63) is 29.6 Å². The minimum atomic E-state index is 0.198. The van der Waals surface area contributed by atoms with Crippen LogP contribution in [0.1, 0.15) is 36.5 Å². The quantitative estimate of drug-likeness (QED) is 0.802. The van der Waals surface area contributed by atoms with Crippen LogP contribution >= 0.6 is 15.9 Å². The first-order valence-corrected chi connectivity index (χ1v) is 7.12. The Bertz CT molecular complexity index is 595. The molecule has 3 nitrogen and oxygen atoms in total. The predicted molar refractivity (Wildman–Crippen MR) is 76.7 cm³/mol. The molecule has 4 heteroatoms. The molecule has 2 aromatic rings. The van der Waals surface area contributed by atoms with Crippen LogP contribution in [0.15, 0.2) is 18.2 Å². The Morgan fingerprint density at radius 2 is 2.22 bits per heavy atom. The Labute approximate surface area is 116 Å². The number of hydrogen-bond donors (Lipinski definition) is 0. The van der Waals surface area contributed by atoms with Crippen molar-refractivity contribution >= 4 is 27.0 Å². The highest BCUT2D eigenvalue weighted by Gasteiger charge is 2.16. The highest BCUT2D eigenvalue weighted by molar-refractivity contribution is 9.09. The second kappa shape index (κ2) is 5.53. The number of nitriles is 1. The molecule has 1 aromatic carbocycles. The van der Waals surface area contributed by atoms with Gasteiger partial charge in [0.25, 0.3) is 0 Å². The van der Waals surface area contributed by atoms with E-state index in [0.29, 0.717) is 6.54 Å². The van der Waals surface area contributed by atoms with Crippen molar-refractivity contribution in [1.82, 2.24) is 9.55 Å². The second-order valence-corrected chi connectivity index (χ2v) is 5.37. The van der Waals surface area contributed by atoms with E-state index in [1.807, 2.05) is 4.57 Å². The number of fused-ring (bicyclic) bond motifs is 1. The van der Waals surface area contributed by atoms with Crippen molar-refractivity contribution in [2.75, 3.05) is 0 Å². The molecule has 1 unspecified atom stereocenters. The van der Waals surface area contributed by atoms with E-state index in [4.69, 9.17) is 5.26 Å². The van der Waals surface area contributed by atoms with Crippen molar-refractivity contribution in [3.8, 4) is 6.07 Å². The Morgan fingerprint density at radius 3 is 2.83 bits per heavy atom. The summed E-state index contributed by atoms with van der Waals surface area (Å²) in [6.07, 6.45) is 1.96. The van der Waals surface area contributed by atoms with Crippen molar-refractivity contribution in [3.63, 3.8) is 0 Å². The average Bonchev–Trinajstić information content (AvgIpc) is 2.76. The minimum Gasteiger partial charge on any atom is -0.313 e. The van der Waals surface area contributed by atoms with Crippen LogP contribution in [-0.2, 0) is 13.0 Å². The van der Waals surface area contributed by atoms with Gasteiger partial charge in [0.2, 0.25) is 0 Å². The van der Waals surface area contributed by atoms with E-state index in [1.165, 1.54) is 5.56 Å². The molecule has 18 heavy (non-hydrogen) atoms. The summed E-state index contributed by atoms with van der Waals surface area (Å²) in [5, 5.41) is 8.96. The SMILES string of the molecule is CCc1ccc2c(c1)nc(C(Br)CC)n2CC#N. The molecule has 0 amide bonds. The average molecular weight is 306 g/mol. The van der Waals surface area contributed by atoms with E-state index in [9.17, 15) is 0 Å². The highest BCUT2D eigenvalue weighted by Crippen LogP contribution is 2.29. The molecule has 1 aromatic heterocycles. The molecule has 0 fully saturated rings. The molecule has 0 saturated carbocycles. The van der Waals surface area contributed by atoms with Gasteiger partial charge in [-0.1, -0.05) is 35.8 Å². The zero-order valence-electron chi connectivity index (χ0n) is 10.7. The summed E-state index contributed by atoms with van der Waals surface area (Å²) >= 11 is 3.63. The molecular formula is C14H16BrN3. The van der Waals surface area contributed by atoms with Crippen molar-refractivity contribution in [2.45, 2.75) is 38.1 Å². The van der Waals surface area contributed by atoms with Gasteiger partial charge in [-0.2, -0.15) is 5.26 Å². The van der Waals surface area contributed by atoms with E-state index >= 15 is 0 Å². The third-order valence-corrected chi connectivity index (χ3v) is 4.17. The van der Waals surface area contributed by atoms with Crippen molar-refractivity contribution < 1.29 is 0 Å². The third kappa shape index (κ3) is 2.28. The van der Waals surface area contributed by atoms with Crippen LogP contribution in [0.2, 0.25) is 0 Å². The number of aryl methyl sites for hydroxylation is 1. The number of imidazole rings is 1. The maximum Gasteiger partial charge on any atom is 0.124 e. The van der Waals surface area contributed by atoms with Gasteiger partial charge in [0.1, 0.15) is 12.4 Å². The zero-order chi connectivity index (χ0) is 13.1. The molecule has 1 atom stereocenters. The summed E-state index contributed by atoms with van der Waals surface area (Å²) in [5.74, 6) is 0.947. The number of nitrogens with zero attached hydrogens (tertiary/aromatic N) is 3. The smallest absolute Gasteiger partial charge is 0.124 e. The fourth-order valence-electron chi connectivity index (χ4n) is 2.07. The van der Waals surface area contributed by atoms with Gasteiger partial charge in [0.05, 0.1) is 21.9 Å². The molecule has 0 saturated heterocycles. The molecule has 0 aliphatic heterocycles. The first kappa shape index (κ1) is 13.1. The summed E-state index contributed by atoms with van der Waals surface area (Å²) in [6, 6.07) is 8.50. The fraction of sp³-hybridized carbons (Fsp3) is 0.429. The molecular weight excluding hydrogens is 290 g/mol. The Balaban J connectivity index is 2.63. The minimum absolute atomic E-state index is 0.198. The van der Waals surface area contributed by atoms with Crippen LogP contribution in [0.3, 0.4) is 0 Å². The highest BCUT2D eigenvalue weighted by atomic mass is 79.9. The Hall–Kier alpha value is -1.34. The summed E-state index contributed by atoms with van der Waals surface area (Å²) in [6.45, 7) is 4.58. The van der Waals surface area contributed by atoms with Gasteiger partial charge >= 0.3 is 0 Å². The Kier molecular flexibility index (Phi) is 4.03. The van der Waals surface area contributed by atoms with Crippen LogP contribution in [0.4, 0.5) is 0 Å². The maximum absolute atomic E-state index is 8.96. The van der Waals surface area contributed by atoms with Gasteiger partial charge in [-0.25, -0.2) is 4.98 Å². The molecule has 0 bridgehead atoms. The number of rotatable bonds is 4. The van der Waals surface area contributed by atoms with Gasteiger partial charge in [-0.3, -0.25) is 0 Å². The number of aromatic nitrogens is 2. The van der Waals surface area contributed by atoms with Gasteiger partial charge in [0.15, 0.2) is 0 Å². The lowest BCUT2D eigenvalue weighted by Crippen LogP contribution is -2.04. The molecule has 94 valence electrons. The molecule has 0 radical (unpaired) electrons. The van der Waals surface area contributed by atoms with Crippen LogP contribution < -0.4 is 0 Å². The fourth-order valence-corrected chi connectivity index (χ4v) is 2.42. The summed E-state index contributed by atoms with van der Waals surface area (Å²) in [5.41, 5.74) is 3.30. The van der Waals surface area contributed by atoms with E-state index in [-0.39, 0.29) is 4.83 Å². The van der Waals surface area contributed by atoms with Crippen LogP contribution in [0, 0.1) is 11.3 Å². The monoisotopic (exact) mass is 305 g/mol. The normalized spacial score (nSPS) is 12.6. The first-order chi connectivity index (χ1) is 8.71. The lowest BCUT2D eigenvalue weighted by Gasteiger charge is -2.08. The van der Waals surface area contributed by atoms with Gasteiger partial charge in [-0.05, 0) is 30.5 Å². The zero-order valence-corrected chi connectivity index (χ0v) is 12.2. The van der Waals surface area contributed by atoms with E-state index < -0.39 is 0 Å². The topological polar surface area (TPSA) is 41.6 Å². The summed E-state index contributed by atoms with van der Waals surface area (Å²) in [7, 11) is 0. The number of alkyl halides is 1. The number of hydrogen-bond acceptors (Lipinski definition) is 2. The van der Waals surface area contributed by atoms with Gasteiger partial charge in [-0.15, -0.1) is 0 Å². The van der Waals surface area contributed by atoms with Crippen molar-refractivity contribution in [2.24, 2.45) is 0 Å². The van der Waals surface area contributed by atoms with Crippen LogP contribution in [0.5, 0.6) is 0 Å². The summed E-state index contributed by atoms with van der Waals surface area (Å²) in [4.78, 5) is 4.87. The van der Waals surface area contributed by atoms with Crippen molar-refractivity contribution in [1.29, 1.82) is 5.26 Å². The first-order valence-electron chi connectivity index (χ1n) is 6.21. The lowest BCUT2D eigenvalue weighted by atomic mass is 10.1. The maximum atomic E-state index is 8.96. The number of halogens is 1. The van der Waals surface area contributed by atoms with Gasteiger partial charge < -0.3 is 4.57 Å². The molecule has 0 aliphatic rings. The van der Waals surface area contributed by atoms with E-state index in [2.05, 4.69) is 59.0 Å². The van der Waals surface area contributed by atoms with Crippen LogP contribution in [0.25, 0.3) is 11.0 Å². The predicted octanol–water partition coefficient (Wildman–Crippen LogP) is 3.97. The van der Waals surface area contributed by atoms with Gasteiger partial charge in [0, 0.05) is 0 Å². The van der Waals surface area contributed by atoms with E-state index in [0.717, 1.165) is 29.7 Å². The Morgan fingerprint density at radius 1 is 1.44 bits per heavy atom.